The number of aromatic nitrogens is 3. The lowest BCUT2D eigenvalue weighted by atomic mass is 9.95. The molecule has 1 aliphatic rings. The number of benzene rings is 2. The van der Waals surface area contributed by atoms with Crippen molar-refractivity contribution >= 4 is 45.7 Å². The fraction of sp³-hybridized carbons (Fsp3) is 0.179. The number of ketones is 1. The molecule has 4 aromatic rings. The molecule has 37 heavy (non-hydrogen) atoms. The molecule has 2 aromatic heterocycles. The fourth-order valence-corrected chi connectivity index (χ4v) is 5.96. The minimum absolute atomic E-state index is 0.0181. The van der Waals surface area contributed by atoms with Crippen molar-refractivity contribution in [1.29, 1.82) is 0 Å². The molecule has 0 spiro atoms. The molecule has 0 aliphatic carbocycles. The maximum atomic E-state index is 13.3. The Hall–Kier alpha value is -3.82. The quantitative estimate of drug-likeness (QED) is 0.108. The van der Waals surface area contributed by atoms with E-state index in [2.05, 4.69) is 46.4 Å². The maximum Gasteiger partial charge on any atom is 0.301 e. The number of carbonyl (C=O) groups is 2. The highest BCUT2D eigenvalue weighted by molar-refractivity contribution is 8.00. The van der Waals surface area contributed by atoms with Crippen molar-refractivity contribution < 1.29 is 14.7 Å². The zero-order valence-electron chi connectivity index (χ0n) is 20.3. The van der Waals surface area contributed by atoms with Gasteiger partial charge in [-0.1, -0.05) is 84.1 Å². The summed E-state index contributed by atoms with van der Waals surface area (Å²) in [5, 5.41) is 20.0. The summed E-state index contributed by atoms with van der Waals surface area (Å²) in [5.74, 6) is -1.04. The van der Waals surface area contributed by atoms with E-state index < -0.39 is 17.7 Å². The number of amides is 1. The number of Topliss-reactive ketones (excluding diaryl/α,β-unsaturated/α-hetero) is 1. The highest BCUT2D eigenvalue weighted by Gasteiger charge is 2.48. The van der Waals surface area contributed by atoms with Gasteiger partial charge in [0.1, 0.15) is 5.76 Å². The number of nitrogens with zero attached hydrogens (tertiary/aromatic N) is 4. The first-order valence-corrected chi connectivity index (χ1v) is 13.6. The first-order chi connectivity index (χ1) is 18.0. The number of thioether (sulfide) groups is 1. The molecule has 1 saturated heterocycles. The van der Waals surface area contributed by atoms with Crippen molar-refractivity contribution in [3.8, 4) is 0 Å². The Bertz CT molecular complexity index is 1470. The van der Waals surface area contributed by atoms with Crippen LogP contribution in [0.2, 0.25) is 0 Å². The average Bonchev–Trinajstić information content (AvgIpc) is 3.50. The number of aryl methyl sites for hydroxylation is 2. The molecule has 1 fully saturated rings. The molecule has 1 amide bonds. The molecule has 2 aromatic carbocycles. The van der Waals surface area contributed by atoms with E-state index in [0.29, 0.717) is 26.4 Å². The molecule has 1 aliphatic heterocycles. The van der Waals surface area contributed by atoms with Gasteiger partial charge in [0, 0.05) is 23.7 Å². The van der Waals surface area contributed by atoms with E-state index in [1.165, 1.54) is 46.0 Å². The molecule has 7 nitrogen and oxygen atoms in total. The van der Waals surface area contributed by atoms with E-state index in [-0.39, 0.29) is 11.3 Å². The minimum atomic E-state index is -0.832. The number of carbonyl (C=O) groups excluding carboxylic acids is 2. The molecule has 1 unspecified atom stereocenters. The summed E-state index contributed by atoms with van der Waals surface area (Å²) in [6.07, 6.45) is 3.91. The van der Waals surface area contributed by atoms with Gasteiger partial charge in [-0.05, 0) is 42.2 Å². The van der Waals surface area contributed by atoms with Crippen LogP contribution in [0.5, 0.6) is 0 Å². The van der Waals surface area contributed by atoms with Crippen LogP contribution in [0.4, 0.5) is 5.13 Å². The Morgan fingerprint density at radius 3 is 2.32 bits per heavy atom. The molecule has 0 bridgehead atoms. The summed E-state index contributed by atoms with van der Waals surface area (Å²) in [7, 11) is 0. The number of aliphatic hydroxyl groups excluding tert-OH is 1. The van der Waals surface area contributed by atoms with Gasteiger partial charge < -0.3 is 5.11 Å². The summed E-state index contributed by atoms with van der Waals surface area (Å²) < 4.78 is 0.687. The Labute approximate surface area is 222 Å². The molecule has 9 heteroatoms. The van der Waals surface area contributed by atoms with E-state index in [1.54, 1.807) is 12.1 Å². The molecule has 186 valence electrons. The lowest BCUT2D eigenvalue weighted by molar-refractivity contribution is -0.132. The third-order valence-electron chi connectivity index (χ3n) is 6.19. The van der Waals surface area contributed by atoms with Gasteiger partial charge in [0.15, 0.2) is 4.34 Å². The van der Waals surface area contributed by atoms with Gasteiger partial charge >= 0.3 is 5.91 Å². The normalized spacial score (nSPS) is 16.9. The van der Waals surface area contributed by atoms with Crippen LogP contribution in [0.3, 0.4) is 0 Å². The summed E-state index contributed by atoms with van der Waals surface area (Å²) in [6, 6.07) is 18.3. The van der Waals surface area contributed by atoms with Crippen LogP contribution in [0.15, 0.2) is 83.0 Å². The molecule has 0 radical (unpaired) electrons. The fourth-order valence-electron chi connectivity index (χ4n) is 4.13. The zero-order chi connectivity index (χ0) is 25.9. The van der Waals surface area contributed by atoms with Gasteiger partial charge in [-0.3, -0.25) is 19.5 Å². The topological polar surface area (TPSA) is 96.3 Å². The van der Waals surface area contributed by atoms with Crippen molar-refractivity contribution in [1.82, 2.24) is 15.2 Å². The summed E-state index contributed by atoms with van der Waals surface area (Å²) in [4.78, 5) is 31.9. The van der Waals surface area contributed by atoms with Gasteiger partial charge in [-0.25, -0.2) is 0 Å². The Morgan fingerprint density at radius 1 is 0.973 bits per heavy atom. The van der Waals surface area contributed by atoms with E-state index in [0.717, 1.165) is 17.5 Å². The summed E-state index contributed by atoms with van der Waals surface area (Å²) in [6.45, 7) is 4.10. The highest BCUT2D eigenvalue weighted by atomic mass is 32.2. The largest absolute Gasteiger partial charge is 0.507 e. The van der Waals surface area contributed by atoms with Crippen molar-refractivity contribution in [3.63, 3.8) is 0 Å². The lowest BCUT2D eigenvalue weighted by Gasteiger charge is -2.22. The van der Waals surface area contributed by atoms with Crippen molar-refractivity contribution in [2.24, 2.45) is 0 Å². The number of anilines is 1. The van der Waals surface area contributed by atoms with Gasteiger partial charge in [0.05, 0.1) is 11.6 Å². The second-order valence-electron chi connectivity index (χ2n) is 8.62. The van der Waals surface area contributed by atoms with Gasteiger partial charge in [0.2, 0.25) is 5.13 Å². The van der Waals surface area contributed by atoms with Gasteiger partial charge in [-0.15, -0.1) is 10.2 Å². The predicted octanol–water partition coefficient (Wildman–Crippen LogP) is 5.72. The van der Waals surface area contributed by atoms with Crippen LogP contribution in [0.25, 0.3) is 5.76 Å². The van der Waals surface area contributed by atoms with Crippen LogP contribution in [-0.4, -0.2) is 32.0 Å². The molecular formula is C28H24N4O3S2. The number of rotatable bonds is 7. The Balaban J connectivity index is 1.52. The molecule has 5 rings (SSSR count). The average molecular weight is 529 g/mol. The molecule has 1 N–H and O–H groups in total. The summed E-state index contributed by atoms with van der Waals surface area (Å²) >= 11 is 2.77. The Morgan fingerprint density at radius 2 is 1.65 bits per heavy atom. The van der Waals surface area contributed by atoms with Crippen molar-refractivity contribution in [2.75, 3.05) is 4.90 Å². The van der Waals surface area contributed by atoms with E-state index >= 15 is 0 Å². The third kappa shape index (κ3) is 5.05. The maximum absolute atomic E-state index is 13.3. The predicted molar refractivity (Wildman–Crippen MR) is 145 cm³/mol. The van der Waals surface area contributed by atoms with Crippen LogP contribution in [0, 0.1) is 6.92 Å². The van der Waals surface area contributed by atoms with Crippen LogP contribution in [-0.2, 0) is 21.8 Å². The van der Waals surface area contributed by atoms with E-state index in [1.807, 2.05) is 31.2 Å². The standard InChI is InChI=1S/C28H24N4O3S2/c1-3-18-8-10-20(11-9-18)23-22(24(33)21-12-14-29-15-13-21)25(34)26(35)32(23)27-30-31-28(37-27)36-16-19-6-4-17(2)5-7-19/h4-15,23,33H,3,16H2,1-2H3/b24-22+. The van der Waals surface area contributed by atoms with Crippen LogP contribution >= 0.6 is 23.1 Å². The smallest absolute Gasteiger partial charge is 0.301 e. The van der Waals surface area contributed by atoms with Crippen LogP contribution < -0.4 is 4.90 Å². The Kier molecular flexibility index (Phi) is 7.16. The van der Waals surface area contributed by atoms with Crippen molar-refractivity contribution in [3.05, 3.63) is 106 Å². The van der Waals surface area contributed by atoms with E-state index in [4.69, 9.17) is 0 Å². The summed E-state index contributed by atoms with van der Waals surface area (Å²) in [5.41, 5.74) is 4.61. The molecule has 1 atom stereocenters. The number of pyridine rings is 1. The number of aliphatic hydroxyl groups is 1. The molecule has 3 heterocycles. The number of hydrogen-bond donors (Lipinski definition) is 1. The minimum Gasteiger partial charge on any atom is -0.507 e. The lowest BCUT2D eigenvalue weighted by Crippen LogP contribution is -2.29. The zero-order valence-corrected chi connectivity index (χ0v) is 21.9. The molecule has 0 saturated carbocycles. The second-order valence-corrected chi connectivity index (χ2v) is 10.8. The number of hydrogen-bond acceptors (Lipinski definition) is 8. The third-order valence-corrected chi connectivity index (χ3v) is 8.31. The second kappa shape index (κ2) is 10.7. The van der Waals surface area contributed by atoms with E-state index in [9.17, 15) is 14.7 Å². The SMILES string of the molecule is CCc1ccc(C2/C(=C(\O)c3ccncc3)C(=O)C(=O)N2c2nnc(SCc3ccc(C)cc3)s2)cc1. The molecular weight excluding hydrogens is 504 g/mol. The first-order valence-electron chi connectivity index (χ1n) is 11.8. The first kappa shape index (κ1) is 24.9. The van der Waals surface area contributed by atoms with Crippen molar-refractivity contribution in [2.45, 2.75) is 36.4 Å². The monoisotopic (exact) mass is 528 g/mol. The van der Waals surface area contributed by atoms with Gasteiger partial charge in [-0.2, -0.15) is 0 Å². The van der Waals surface area contributed by atoms with Crippen LogP contribution in [0.1, 0.15) is 40.8 Å². The highest BCUT2D eigenvalue weighted by Crippen LogP contribution is 2.44. The van der Waals surface area contributed by atoms with Gasteiger partial charge in [0.25, 0.3) is 5.78 Å².